The number of fused-ring (bicyclic) bond motifs is 6. The number of hydrogen-bond acceptors (Lipinski definition) is 0. The Balaban J connectivity index is 1.21. The summed E-state index contributed by atoms with van der Waals surface area (Å²) in [5.74, 6) is 0. The minimum atomic E-state index is -0.0156. The first-order chi connectivity index (χ1) is 22.0. The highest BCUT2D eigenvalue weighted by atomic mass is 14.4. The highest BCUT2D eigenvalue weighted by Gasteiger charge is 2.35. The fraction of sp³-hybridized carbons (Fsp3) is 0.0667. The molecule has 0 aliphatic heterocycles. The van der Waals surface area contributed by atoms with E-state index >= 15 is 0 Å². The minimum Gasteiger partial charge on any atom is -0.0991 e. The molecule has 0 radical (unpaired) electrons. The van der Waals surface area contributed by atoms with Gasteiger partial charge in [-0.2, -0.15) is 0 Å². The summed E-state index contributed by atoms with van der Waals surface area (Å²) in [5, 5.41) is 7.76. The lowest BCUT2D eigenvalue weighted by atomic mass is 9.81. The lowest BCUT2D eigenvalue weighted by molar-refractivity contribution is 0.660. The molecule has 0 fully saturated rings. The van der Waals surface area contributed by atoms with E-state index < -0.39 is 0 Å². The molecule has 0 nitrogen and oxygen atoms in total. The molecule has 0 atom stereocenters. The van der Waals surface area contributed by atoms with Crippen molar-refractivity contribution in [2.75, 3.05) is 0 Å². The molecule has 7 aromatic rings. The van der Waals surface area contributed by atoms with Gasteiger partial charge in [0.05, 0.1) is 0 Å². The van der Waals surface area contributed by atoms with E-state index in [2.05, 4.69) is 154 Å². The Hall–Kier alpha value is -5.46. The van der Waals surface area contributed by atoms with E-state index in [1.165, 1.54) is 93.5 Å². The molecule has 0 amide bonds. The van der Waals surface area contributed by atoms with Gasteiger partial charge in [-0.25, -0.2) is 0 Å². The maximum Gasteiger partial charge on any atom is 0.0159 e. The van der Waals surface area contributed by atoms with E-state index in [1.54, 1.807) is 0 Å². The topological polar surface area (TPSA) is 0 Å². The summed E-state index contributed by atoms with van der Waals surface area (Å²) in [6.07, 6.45) is 8.31. The number of hydrogen-bond donors (Lipinski definition) is 0. The fourth-order valence-electron chi connectivity index (χ4n) is 7.97. The third-order valence-electron chi connectivity index (χ3n) is 10.2. The summed E-state index contributed by atoms with van der Waals surface area (Å²) < 4.78 is 0. The normalized spacial score (nSPS) is 14.3. The highest BCUT2D eigenvalue weighted by Crippen LogP contribution is 2.50. The van der Waals surface area contributed by atoms with Crippen LogP contribution in [0, 0.1) is 0 Å². The fourth-order valence-corrected chi connectivity index (χ4v) is 7.97. The second-order valence-corrected chi connectivity index (χ2v) is 13.0. The zero-order valence-corrected chi connectivity index (χ0v) is 25.6. The summed E-state index contributed by atoms with van der Waals surface area (Å²) in [4.78, 5) is 0. The van der Waals surface area contributed by atoms with E-state index in [4.69, 9.17) is 0 Å². The Morgan fingerprint density at radius 3 is 2.13 bits per heavy atom. The maximum absolute atomic E-state index is 3.86. The quantitative estimate of drug-likeness (QED) is 0.145. The molecule has 0 bridgehead atoms. The molecule has 9 rings (SSSR count). The second-order valence-electron chi connectivity index (χ2n) is 13.0. The van der Waals surface area contributed by atoms with Crippen molar-refractivity contribution in [3.63, 3.8) is 0 Å². The molecule has 0 saturated carbocycles. The van der Waals surface area contributed by atoms with Gasteiger partial charge in [-0.15, -0.1) is 0 Å². The monoisotopic (exact) mass is 572 g/mol. The van der Waals surface area contributed by atoms with Crippen molar-refractivity contribution >= 4 is 44.0 Å². The Morgan fingerprint density at radius 2 is 1.24 bits per heavy atom. The minimum absolute atomic E-state index is 0.0156. The average molecular weight is 573 g/mol. The lowest BCUT2D eigenvalue weighted by Crippen LogP contribution is -2.14. The van der Waals surface area contributed by atoms with Crippen LogP contribution in [0.15, 0.2) is 146 Å². The van der Waals surface area contributed by atoms with Gasteiger partial charge in [-0.3, -0.25) is 0 Å². The van der Waals surface area contributed by atoms with Crippen LogP contribution in [-0.2, 0) is 5.41 Å². The molecule has 2 aliphatic rings. The van der Waals surface area contributed by atoms with E-state index in [9.17, 15) is 0 Å². The van der Waals surface area contributed by atoms with Gasteiger partial charge in [-0.05, 0) is 118 Å². The van der Waals surface area contributed by atoms with Crippen LogP contribution >= 0.6 is 0 Å². The third kappa shape index (κ3) is 3.72. The molecular formula is C45H32. The number of allylic oxidation sites excluding steroid dienone is 4. The summed E-state index contributed by atoms with van der Waals surface area (Å²) in [6, 6.07) is 45.5. The van der Waals surface area contributed by atoms with E-state index in [-0.39, 0.29) is 5.41 Å². The predicted molar refractivity (Wildman–Crippen MR) is 195 cm³/mol. The SMILES string of the molecule is C=C/C=C\C1=Cc2ccc(-c3cc4ccc(-c5ccc6c(c5)C(C)(C)c5ccccc5-6)cc4c4ccccc34)c3cccc1c23. The Bertz CT molecular complexity index is 2460. The molecule has 0 heteroatoms. The van der Waals surface area contributed by atoms with Crippen molar-refractivity contribution in [1.82, 2.24) is 0 Å². The van der Waals surface area contributed by atoms with Crippen molar-refractivity contribution in [2.24, 2.45) is 0 Å². The first-order valence-corrected chi connectivity index (χ1v) is 15.8. The van der Waals surface area contributed by atoms with Crippen LogP contribution in [0.4, 0.5) is 0 Å². The Morgan fingerprint density at radius 1 is 0.533 bits per heavy atom. The second kappa shape index (κ2) is 9.52. The van der Waals surface area contributed by atoms with Crippen molar-refractivity contribution < 1.29 is 0 Å². The Labute approximate surface area is 264 Å². The van der Waals surface area contributed by atoms with Crippen LogP contribution in [0.5, 0.6) is 0 Å². The Kier molecular flexibility index (Phi) is 5.50. The maximum atomic E-state index is 3.86. The van der Waals surface area contributed by atoms with Crippen LogP contribution in [0.25, 0.3) is 77.3 Å². The van der Waals surface area contributed by atoms with Gasteiger partial charge in [0.15, 0.2) is 0 Å². The molecule has 0 spiro atoms. The molecule has 0 unspecified atom stereocenters. The van der Waals surface area contributed by atoms with Gasteiger partial charge < -0.3 is 0 Å². The molecule has 0 heterocycles. The first-order valence-electron chi connectivity index (χ1n) is 15.8. The molecule has 0 N–H and O–H groups in total. The third-order valence-corrected chi connectivity index (χ3v) is 10.2. The van der Waals surface area contributed by atoms with Gasteiger partial charge in [0.1, 0.15) is 0 Å². The van der Waals surface area contributed by atoms with Crippen LogP contribution < -0.4 is 0 Å². The first kappa shape index (κ1) is 26.0. The largest absolute Gasteiger partial charge is 0.0991 e. The average Bonchev–Trinajstić information content (AvgIpc) is 3.56. The van der Waals surface area contributed by atoms with Crippen LogP contribution in [0.1, 0.15) is 36.1 Å². The zero-order chi connectivity index (χ0) is 30.3. The van der Waals surface area contributed by atoms with Crippen LogP contribution in [0.3, 0.4) is 0 Å². The molecule has 7 aromatic carbocycles. The smallest absolute Gasteiger partial charge is 0.0159 e. The summed E-state index contributed by atoms with van der Waals surface area (Å²) in [5.41, 5.74) is 14.4. The molecule has 212 valence electrons. The molecule has 45 heavy (non-hydrogen) atoms. The molecule has 2 aliphatic carbocycles. The van der Waals surface area contributed by atoms with Gasteiger partial charge >= 0.3 is 0 Å². The van der Waals surface area contributed by atoms with Crippen LogP contribution in [0.2, 0.25) is 0 Å². The van der Waals surface area contributed by atoms with E-state index in [0.29, 0.717) is 0 Å². The van der Waals surface area contributed by atoms with Crippen LogP contribution in [-0.4, -0.2) is 0 Å². The van der Waals surface area contributed by atoms with E-state index in [0.717, 1.165) is 0 Å². The van der Waals surface area contributed by atoms with Crippen molar-refractivity contribution in [3.05, 3.63) is 168 Å². The summed E-state index contributed by atoms with van der Waals surface area (Å²) >= 11 is 0. The van der Waals surface area contributed by atoms with E-state index in [1.807, 2.05) is 12.2 Å². The van der Waals surface area contributed by atoms with Crippen molar-refractivity contribution in [3.8, 4) is 33.4 Å². The van der Waals surface area contributed by atoms with Gasteiger partial charge in [0, 0.05) is 5.41 Å². The summed E-state index contributed by atoms with van der Waals surface area (Å²) in [7, 11) is 0. The predicted octanol–water partition coefficient (Wildman–Crippen LogP) is 12.4. The van der Waals surface area contributed by atoms with Crippen molar-refractivity contribution in [1.29, 1.82) is 0 Å². The molecule has 0 saturated heterocycles. The zero-order valence-electron chi connectivity index (χ0n) is 25.6. The number of rotatable bonds is 4. The highest BCUT2D eigenvalue weighted by molar-refractivity contribution is 6.20. The van der Waals surface area contributed by atoms with Crippen molar-refractivity contribution in [2.45, 2.75) is 19.3 Å². The standard InChI is InChI=1S/C45H32/c1-4-5-11-30-24-32-21-22-36(39-16-10-15-33(30)44(32)39)41-26-31-19-18-28(25-40(31)34-12-6-7-13-35(34)41)29-20-23-38-37-14-8-9-17-42(37)45(2,3)43(38)27-29/h4-27H,1H2,2-3H3/b11-5-. The molecule has 0 aromatic heterocycles. The van der Waals surface area contributed by atoms with Gasteiger partial charge in [-0.1, -0.05) is 142 Å². The van der Waals surface area contributed by atoms with Gasteiger partial charge in [0.2, 0.25) is 0 Å². The lowest BCUT2D eigenvalue weighted by Gasteiger charge is -2.22. The summed E-state index contributed by atoms with van der Waals surface area (Å²) in [6.45, 7) is 8.57. The van der Waals surface area contributed by atoms with Gasteiger partial charge in [0.25, 0.3) is 0 Å². The number of benzene rings is 7. The molecular weight excluding hydrogens is 540 g/mol.